The predicted molar refractivity (Wildman–Crippen MR) is 104 cm³/mol. The van der Waals surface area contributed by atoms with Gasteiger partial charge in [0.2, 0.25) is 5.69 Å². The van der Waals surface area contributed by atoms with E-state index in [0.29, 0.717) is 29.6 Å². The Morgan fingerprint density at radius 1 is 1.11 bits per heavy atom. The monoisotopic (exact) mass is 386 g/mol. The van der Waals surface area contributed by atoms with Crippen molar-refractivity contribution in [3.8, 4) is 34.3 Å². The Morgan fingerprint density at radius 3 is 2.52 bits per heavy atom. The van der Waals surface area contributed by atoms with Crippen LogP contribution in [0, 0.1) is 0 Å². The minimum absolute atomic E-state index is 0.0986. The van der Waals surface area contributed by atoms with Gasteiger partial charge in [0.25, 0.3) is 5.15 Å². The normalized spacial score (nSPS) is 12.6. The number of halogens is 1. The molecule has 2 aromatic carbocycles. The molecule has 0 saturated heterocycles. The third kappa shape index (κ3) is 2.49. The fraction of sp³-hybridized carbons (Fsp3) is 0.286. The highest BCUT2D eigenvalue weighted by Gasteiger charge is 2.34. The van der Waals surface area contributed by atoms with Crippen LogP contribution in [0.15, 0.2) is 24.3 Å². The zero-order chi connectivity index (χ0) is 19.3. The molecule has 0 bridgehead atoms. The number of phenols is 2. The van der Waals surface area contributed by atoms with Crippen molar-refractivity contribution in [1.82, 2.24) is 0 Å². The molecule has 0 fully saturated rings. The molecule has 0 spiro atoms. The quantitative estimate of drug-likeness (QED) is 0.406. The molecule has 0 atom stereocenters. The number of benzene rings is 2. The van der Waals surface area contributed by atoms with Crippen molar-refractivity contribution in [2.75, 3.05) is 14.2 Å². The summed E-state index contributed by atoms with van der Waals surface area (Å²) in [5.74, 6) is 1.02. The molecule has 2 heterocycles. The van der Waals surface area contributed by atoms with Crippen LogP contribution in [0.4, 0.5) is 0 Å². The second-order valence-corrected chi connectivity index (χ2v) is 6.95. The van der Waals surface area contributed by atoms with E-state index in [1.807, 2.05) is 12.1 Å². The molecular weight excluding hydrogens is 366 g/mol. The summed E-state index contributed by atoms with van der Waals surface area (Å²) in [6.45, 7) is 2.77. The van der Waals surface area contributed by atoms with Crippen molar-refractivity contribution in [3.05, 3.63) is 40.5 Å². The van der Waals surface area contributed by atoms with Crippen LogP contribution in [0.25, 0.3) is 22.0 Å². The molecule has 0 radical (unpaired) electrons. The summed E-state index contributed by atoms with van der Waals surface area (Å²) in [6, 6.07) is 7.14. The van der Waals surface area contributed by atoms with Gasteiger partial charge in [-0.2, -0.15) is 4.57 Å². The molecule has 6 heteroatoms. The first-order valence-electron chi connectivity index (χ1n) is 8.85. The van der Waals surface area contributed by atoms with Crippen LogP contribution in [-0.4, -0.2) is 24.4 Å². The lowest BCUT2D eigenvalue weighted by atomic mass is 9.90. The molecule has 3 aromatic rings. The van der Waals surface area contributed by atoms with E-state index in [0.717, 1.165) is 39.6 Å². The predicted octanol–water partition coefficient (Wildman–Crippen LogP) is 3.99. The summed E-state index contributed by atoms with van der Waals surface area (Å²) < 4.78 is 13.1. The molecule has 1 aliphatic heterocycles. The smallest absolute Gasteiger partial charge is 0.287 e. The molecule has 4 rings (SSSR count). The van der Waals surface area contributed by atoms with Gasteiger partial charge in [0.1, 0.15) is 5.39 Å². The van der Waals surface area contributed by atoms with Crippen LogP contribution in [0.1, 0.15) is 18.1 Å². The minimum atomic E-state index is -0.132. The number of methoxy groups -OCH3 is 2. The molecule has 0 unspecified atom stereocenters. The molecule has 5 nitrogen and oxygen atoms in total. The maximum Gasteiger partial charge on any atom is 0.287 e. The average molecular weight is 387 g/mol. The molecule has 2 N–H and O–H groups in total. The van der Waals surface area contributed by atoms with Crippen molar-refractivity contribution in [1.29, 1.82) is 0 Å². The molecule has 0 amide bonds. The number of phenolic OH excluding ortho intramolecular Hbond substituents is 2. The minimum Gasteiger partial charge on any atom is -0.504 e. The Kier molecular flexibility index (Phi) is 4.27. The van der Waals surface area contributed by atoms with Gasteiger partial charge in [-0.15, -0.1) is 0 Å². The van der Waals surface area contributed by atoms with Crippen LogP contribution in [-0.2, 0) is 19.4 Å². The summed E-state index contributed by atoms with van der Waals surface area (Å²) in [6.07, 6.45) is 1.49. The Morgan fingerprint density at radius 2 is 1.85 bits per heavy atom. The van der Waals surface area contributed by atoms with Gasteiger partial charge in [0.05, 0.1) is 19.8 Å². The standard InChI is InChI=1S/C21H20ClNO4/c1-4-12-13-5-6-17(26-2)20(27-3)18(13)21(22)23-8-7-11-9-15(24)16(25)10-14(11)19(12)23/h5-6,9-10,25H,4,7-8H2,1-3H3/p+1. The highest BCUT2D eigenvalue weighted by molar-refractivity contribution is 6.34. The molecule has 27 heavy (non-hydrogen) atoms. The fourth-order valence-electron chi connectivity index (χ4n) is 4.06. The summed E-state index contributed by atoms with van der Waals surface area (Å²) in [5.41, 5.74) is 3.98. The maximum atomic E-state index is 10.1. The first kappa shape index (κ1) is 17.7. The van der Waals surface area contributed by atoms with Gasteiger partial charge >= 0.3 is 0 Å². The summed E-state index contributed by atoms with van der Waals surface area (Å²) in [5, 5.41) is 22.3. The Labute approximate surface area is 162 Å². The van der Waals surface area contributed by atoms with Crippen molar-refractivity contribution >= 4 is 22.4 Å². The largest absolute Gasteiger partial charge is 0.504 e. The second kappa shape index (κ2) is 6.50. The Bertz CT molecular complexity index is 1080. The molecular formula is C21H21ClNO4+. The molecule has 0 aliphatic carbocycles. The number of nitrogens with zero attached hydrogens (tertiary/aromatic N) is 1. The third-order valence-corrected chi connectivity index (χ3v) is 5.68. The number of aromatic hydroxyl groups is 2. The average Bonchev–Trinajstić information content (AvgIpc) is 2.68. The molecule has 0 saturated carbocycles. The van der Waals surface area contributed by atoms with E-state index in [4.69, 9.17) is 21.1 Å². The third-order valence-electron chi connectivity index (χ3n) is 5.28. The lowest BCUT2D eigenvalue weighted by Crippen LogP contribution is -2.42. The number of ether oxygens (including phenoxy) is 2. The lowest BCUT2D eigenvalue weighted by molar-refractivity contribution is -0.684. The maximum absolute atomic E-state index is 10.1. The van der Waals surface area contributed by atoms with Gasteiger partial charge in [-0.1, -0.05) is 6.92 Å². The molecule has 140 valence electrons. The van der Waals surface area contributed by atoms with Crippen molar-refractivity contribution in [3.63, 3.8) is 0 Å². The van der Waals surface area contributed by atoms with E-state index in [9.17, 15) is 10.2 Å². The number of aromatic nitrogens is 1. The van der Waals surface area contributed by atoms with Gasteiger partial charge in [-0.25, -0.2) is 0 Å². The summed E-state index contributed by atoms with van der Waals surface area (Å²) in [4.78, 5) is 0. The number of hydrogen-bond donors (Lipinski definition) is 2. The topological polar surface area (TPSA) is 62.8 Å². The van der Waals surface area contributed by atoms with Gasteiger partial charge < -0.3 is 19.7 Å². The zero-order valence-electron chi connectivity index (χ0n) is 15.5. The lowest BCUT2D eigenvalue weighted by Gasteiger charge is -2.21. The van der Waals surface area contributed by atoms with E-state index in [2.05, 4.69) is 11.5 Å². The first-order valence-corrected chi connectivity index (χ1v) is 9.23. The summed E-state index contributed by atoms with van der Waals surface area (Å²) >= 11 is 6.85. The van der Waals surface area contributed by atoms with Crippen LogP contribution >= 0.6 is 11.6 Å². The molecule has 1 aromatic heterocycles. The van der Waals surface area contributed by atoms with Gasteiger partial charge in [-0.3, -0.25) is 0 Å². The number of pyridine rings is 1. The first-order chi connectivity index (χ1) is 13.0. The van der Waals surface area contributed by atoms with Crippen LogP contribution < -0.4 is 14.0 Å². The van der Waals surface area contributed by atoms with E-state index in [1.165, 1.54) is 0 Å². The van der Waals surface area contributed by atoms with Crippen LogP contribution in [0.3, 0.4) is 0 Å². The Hall–Kier alpha value is -2.66. The SMILES string of the molecule is CCc1c2[n+](c(Cl)c3c(OC)c(OC)ccc13)CCc1cc(O)c(O)cc1-2. The molecule has 1 aliphatic rings. The van der Waals surface area contributed by atoms with Crippen molar-refractivity contribution in [2.45, 2.75) is 26.3 Å². The van der Waals surface area contributed by atoms with Gasteiger partial charge in [-0.05, 0) is 47.9 Å². The van der Waals surface area contributed by atoms with Crippen molar-refractivity contribution < 1.29 is 24.3 Å². The van der Waals surface area contributed by atoms with Crippen LogP contribution in [0.5, 0.6) is 23.0 Å². The summed E-state index contributed by atoms with van der Waals surface area (Å²) in [7, 11) is 3.22. The highest BCUT2D eigenvalue weighted by Crippen LogP contribution is 2.44. The second-order valence-electron chi connectivity index (χ2n) is 6.59. The van der Waals surface area contributed by atoms with Gasteiger partial charge in [0.15, 0.2) is 29.5 Å². The van der Waals surface area contributed by atoms with E-state index < -0.39 is 0 Å². The number of rotatable bonds is 3. The fourth-order valence-corrected chi connectivity index (χ4v) is 4.42. The number of aryl methyl sites for hydroxylation is 2. The zero-order valence-corrected chi connectivity index (χ0v) is 16.2. The highest BCUT2D eigenvalue weighted by atomic mass is 35.5. The van der Waals surface area contributed by atoms with Crippen molar-refractivity contribution in [2.24, 2.45) is 0 Å². The van der Waals surface area contributed by atoms with Crippen LogP contribution in [0.2, 0.25) is 5.15 Å². The van der Waals surface area contributed by atoms with E-state index in [-0.39, 0.29) is 11.5 Å². The number of fused-ring (bicyclic) bond motifs is 4. The Balaban J connectivity index is 2.16. The van der Waals surface area contributed by atoms with E-state index in [1.54, 1.807) is 26.4 Å². The number of hydrogen-bond acceptors (Lipinski definition) is 4. The van der Waals surface area contributed by atoms with Gasteiger partial charge in [0, 0.05) is 17.4 Å². The van der Waals surface area contributed by atoms with E-state index >= 15 is 0 Å².